The van der Waals surface area contributed by atoms with Gasteiger partial charge in [0, 0.05) is 49.9 Å². The number of carbonyl (C=O) groups excluding carboxylic acids is 2. The van der Waals surface area contributed by atoms with Crippen molar-refractivity contribution in [1.29, 1.82) is 0 Å². The first-order valence-corrected chi connectivity index (χ1v) is 15.3. The van der Waals surface area contributed by atoms with Crippen LogP contribution in [0.15, 0.2) is 34.9 Å². The number of hydrogen-bond acceptors (Lipinski definition) is 6. The number of likely N-dealkylation sites (tertiary alicyclic amines) is 1. The van der Waals surface area contributed by atoms with E-state index in [1.165, 1.54) is 0 Å². The highest BCUT2D eigenvalue weighted by molar-refractivity contribution is 6.32. The zero-order chi connectivity index (χ0) is 30.8. The largest absolute Gasteiger partial charge is 0.466 e. The monoisotopic (exact) mass is 605 g/mol. The molecule has 1 fully saturated rings. The highest BCUT2D eigenvalue weighted by Crippen LogP contribution is 2.31. The molecule has 4 aromatic rings. The Kier molecular flexibility index (Phi) is 9.05. The van der Waals surface area contributed by atoms with Gasteiger partial charge in [0.2, 0.25) is 0 Å². The van der Waals surface area contributed by atoms with E-state index in [0.717, 1.165) is 59.6 Å². The second-order valence-electron chi connectivity index (χ2n) is 11.5. The average molecular weight is 606 g/mol. The fourth-order valence-electron chi connectivity index (χ4n) is 5.84. The van der Waals surface area contributed by atoms with E-state index in [0.29, 0.717) is 48.2 Å². The standard InChI is InChI=1S/C32H40ClN7O3/c1-7-8-14-39(18-27-20(2)22(4)43-23(27)5)32(42)25-11-9-10-24(17-25)31(41)38-15-12-26(13-16-38)40-19-28(34-36-40)29-21(3)35-37(6)30(29)33/h9-11,17,19,26H,7-8,12-16,18H2,1-6H3. The van der Waals surface area contributed by atoms with Crippen LogP contribution in [0.5, 0.6) is 0 Å². The van der Waals surface area contributed by atoms with Gasteiger partial charge in [0.25, 0.3) is 11.8 Å². The molecule has 43 heavy (non-hydrogen) atoms. The third kappa shape index (κ3) is 6.25. The molecule has 3 aromatic heterocycles. The molecule has 2 amide bonds. The van der Waals surface area contributed by atoms with Crippen molar-refractivity contribution in [3.8, 4) is 11.3 Å². The van der Waals surface area contributed by atoms with Crippen LogP contribution in [0.2, 0.25) is 5.15 Å². The molecule has 0 bridgehead atoms. The van der Waals surface area contributed by atoms with E-state index >= 15 is 0 Å². The molecule has 0 radical (unpaired) electrons. The van der Waals surface area contributed by atoms with Gasteiger partial charge >= 0.3 is 0 Å². The lowest BCUT2D eigenvalue weighted by molar-refractivity contribution is 0.0689. The highest BCUT2D eigenvalue weighted by Gasteiger charge is 2.27. The zero-order valence-corrected chi connectivity index (χ0v) is 26.6. The lowest BCUT2D eigenvalue weighted by Gasteiger charge is -2.32. The van der Waals surface area contributed by atoms with Gasteiger partial charge in [-0.2, -0.15) is 5.10 Å². The fourth-order valence-corrected chi connectivity index (χ4v) is 6.11. The summed E-state index contributed by atoms with van der Waals surface area (Å²) in [6.07, 6.45) is 5.29. The number of halogens is 1. The fraction of sp³-hybridized carbons (Fsp3) is 0.469. The van der Waals surface area contributed by atoms with Crippen LogP contribution in [0.1, 0.15) is 87.7 Å². The van der Waals surface area contributed by atoms with Gasteiger partial charge in [-0.15, -0.1) is 5.10 Å². The van der Waals surface area contributed by atoms with Crippen molar-refractivity contribution in [2.24, 2.45) is 7.05 Å². The van der Waals surface area contributed by atoms with Crippen LogP contribution in [0.4, 0.5) is 0 Å². The summed E-state index contributed by atoms with van der Waals surface area (Å²) >= 11 is 6.43. The second-order valence-corrected chi connectivity index (χ2v) is 11.8. The second kappa shape index (κ2) is 12.8. The third-order valence-electron chi connectivity index (χ3n) is 8.53. The molecule has 0 aliphatic carbocycles. The molecule has 1 aromatic carbocycles. The number of benzene rings is 1. The van der Waals surface area contributed by atoms with Crippen LogP contribution in [-0.2, 0) is 13.6 Å². The highest BCUT2D eigenvalue weighted by atomic mass is 35.5. The zero-order valence-electron chi connectivity index (χ0n) is 25.9. The Morgan fingerprint density at radius 2 is 1.81 bits per heavy atom. The number of unbranched alkanes of at least 4 members (excludes halogenated alkanes) is 1. The van der Waals surface area contributed by atoms with Gasteiger partial charge in [-0.05, 0) is 70.7 Å². The molecule has 1 saturated heterocycles. The first-order chi connectivity index (χ1) is 20.6. The third-order valence-corrected chi connectivity index (χ3v) is 8.96. The van der Waals surface area contributed by atoms with Crippen molar-refractivity contribution < 1.29 is 14.0 Å². The summed E-state index contributed by atoms with van der Waals surface area (Å²) in [5.74, 6) is 1.58. The molecule has 4 heterocycles. The van der Waals surface area contributed by atoms with E-state index in [1.807, 2.05) is 48.4 Å². The van der Waals surface area contributed by atoms with E-state index < -0.39 is 0 Å². The Hall–Kier alpha value is -3.92. The number of aromatic nitrogens is 5. The van der Waals surface area contributed by atoms with Gasteiger partial charge in [0.05, 0.1) is 23.5 Å². The predicted octanol–water partition coefficient (Wildman–Crippen LogP) is 6.08. The molecule has 228 valence electrons. The van der Waals surface area contributed by atoms with Crippen LogP contribution in [0.25, 0.3) is 11.3 Å². The molecule has 0 atom stereocenters. The van der Waals surface area contributed by atoms with Crippen LogP contribution < -0.4 is 0 Å². The molecule has 1 aliphatic rings. The normalized spacial score (nSPS) is 14.0. The Morgan fingerprint density at radius 1 is 1.09 bits per heavy atom. The van der Waals surface area contributed by atoms with E-state index in [4.69, 9.17) is 16.0 Å². The molecule has 0 spiro atoms. The first-order valence-electron chi connectivity index (χ1n) is 14.9. The van der Waals surface area contributed by atoms with Crippen molar-refractivity contribution in [3.05, 3.63) is 75.1 Å². The maximum Gasteiger partial charge on any atom is 0.254 e. The summed E-state index contributed by atoms with van der Waals surface area (Å²) in [7, 11) is 1.80. The minimum absolute atomic E-state index is 0.0672. The summed E-state index contributed by atoms with van der Waals surface area (Å²) in [5.41, 5.74) is 5.46. The summed E-state index contributed by atoms with van der Waals surface area (Å²) in [6.45, 7) is 12.2. The van der Waals surface area contributed by atoms with Crippen molar-refractivity contribution in [2.75, 3.05) is 19.6 Å². The Balaban J connectivity index is 1.25. The van der Waals surface area contributed by atoms with Crippen molar-refractivity contribution in [1.82, 2.24) is 34.6 Å². The number of carbonyl (C=O) groups is 2. The number of piperidine rings is 1. The number of amides is 2. The molecule has 10 nitrogen and oxygen atoms in total. The number of hydrogen-bond donors (Lipinski definition) is 0. The molecule has 11 heteroatoms. The SMILES string of the molecule is CCCCN(Cc1c(C)oc(C)c1C)C(=O)c1cccc(C(=O)N2CCC(n3cc(-c4c(C)nn(C)c4Cl)nn3)CC2)c1. The molecule has 1 aliphatic heterocycles. The van der Waals surface area contributed by atoms with Gasteiger partial charge in [-0.3, -0.25) is 14.3 Å². The molecular formula is C32H40ClN7O3. The topological polar surface area (TPSA) is 102 Å². The van der Waals surface area contributed by atoms with Crippen molar-refractivity contribution in [3.63, 3.8) is 0 Å². The van der Waals surface area contributed by atoms with E-state index in [1.54, 1.807) is 36.0 Å². The number of nitrogens with zero attached hydrogens (tertiary/aromatic N) is 7. The van der Waals surface area contributed by atoms with E-state index in [-0.39, 0.29) is 17.9 Å². The lowest BCUT2D eigenvalue weighted by atomic mass is 10.0. The summed E-state index contributed by atoms with van der Waals surface area (Å²) in [6, 6.07) is 7.24. The average Bonchev–Trinajstić information content (AvgIpc) is 3.65. The first kappa shape index (κ1) is 30.5. The maximum absolute atomic E-state index is 13.7. The maximum atomic E-state index is 13.7. The molecule has 0 N–H and O–H groups in total. The quantitative estimate of drug-likeness (QED) is 0.229. The number of aryl methyl sites for hydroxylation is 4. The molecule has 5 rings (SSSR count). The smallest absolute Gasteiger partial charge is 0.254 e. The van der Waals surface area contributed by atoms with Crippen LogP contribution in [0, 0.1) is 27.7 Å². The van der Waals surface area contributed by atoms with Crippen LogP contribution in [0.3, 0.4) is 0 Å². The number of rotatable bonds is 9. The molecule has 0 saturated carbocycles. The molecule has 0 unspecified atom stereocenters. The molecular weight excluding hydrogens is 566 g/mol. The Labute approximate surface area is 257 Å². The van der Waals surface area contributed by atoms with Gasteiger partial charge in [0.1, 0.15) is 22.4 Å². The van der Waals surface area contributed by atoms with Crippen molar-refractivity contribution in [2.45, 2.75) is 72.9 Å². The lowest BCUT2D eigenvalue weighted by Crippen LogP contribution is -2.39. The summed E-state index contributed by atoms with van der Waals surface area (Å²) in [5, 5.41) is 13.6. The minimum atomic E-state index is -0.0783. The summed E-state index contributed by atoms with van der Waals surface area (Å²) in [4.78, 5) is 31.0. The van der Waals surface area contributed by atoms with Crippen molar-refractivity contribution >= 4 is 23.4 Å². The van der Waals surface area contributed by atoms with Gasteiger partial charge < -0.3 is 14.2 Å². The predicted molar refractivity (Wildman–Crippen MR) is 165 cm³/mol. The van der Waals surface area contributed by atoms with Crippen LogP contribution >= 0.6 is 11.6 Å². The van der Waals surface area contributed by atoms with Gasteiger partial charge in [0.15, 0.2) is 0 Å². The number of furan rings is 1. The van der Waals surface area contributed by atoms with Gasteiger partial charge in [-0.25, -0.2) is 4.68 Å². The Morgan fingerprint density at radius 3 is 2.44 bits per heavy atom. The summed E-state index contributed by atoms with van der Waals surface area (Å²) < 4.78 is 9.31. The Bertz CT molecular complexity index is 1630. The van der Waals surface area contributed by atoms with E-state index in [9.17, 15) is 9.59 Å². The van der Waals surface area contributed by atoms with Crippen LogP contribution in [-0.4, -0.2) is 66.0 Å². The van der Waals surface area contributed by atoms with Gasteiger partial charge in [-0.1, -0.05) is 36.2 Å². The minimum Gasteiger partial charge on any atom is -0.466 e. The van der Waals surface area contributed by atoms with E-state index in [2.05, 4.69) is 22.3 Å².